The number of ether oxygens (including phenoxy) is 1. The zero-order valence-corrected chi connectivity index (χ0v) is 9.38. The highest BCUT2D eigenvalue weighted by molar-refractivity contribution is 6.01. The summed E-state index contributed by atoms with van der Waals surface area (Å²) in [6.07, 6.45) is 0. The number of hydrogen-bond acceptors (Lipinski definition) is 3. The predicted octanol–water partition coefficient (Wildman–Crippen LogP) is 3.50. The minimum atomic E-state index is -0.414. The summed E-state index contributed by atoms with van der Waals surface area (Å²) in [5.41, 5.74) is 0.754. The van der Waals surface area contributed by atoms with E-state index in [0.29, 0.717) is 17.9 Å². The molecule has 0 aliphatic rings. The largest absolute Gasteiger partial charge is 0.462 e. The van der Waals surface area contributed by atoms with Gasteiger partial charge in [-0.15, -0.1) is 0 Å². The molecule has 4 nitrogen and oxygen atoms in total. The Bertz CT molecular complexity index is 614. The Kier molecular flexibility index (Phi) is 3.01. The zero-order valence-electron chi connectivity index (χ0n) is 9.38. The second-order valence-corrected chi connectivity index (χ2v) is 3.54. The van der Waals surface area contributed by atoms with E-state index in [9.17, 15) is 4.79 Å². The first-order chi connectivity index (χ1) is 8.26. The first-order valence-corrected chi connectivity index (χ1v) is 5.31. The van der Waals surface area contributed by atoms with Crippen LogP contribution in [0.15, 0.2) is 36.4 Å². The van der Waals surface area contributed by atoms with Gasteiger partial charge in [-0.25, -0.2) is 4.79 Å². The quantitative estimate of drug-likeness (QED) is 0.582. The number of carbonyl (C=O) groups is 1. The normalized spacial score (nSPS) is 9.88. The highest BCUT2D eigenvalue weighted by Crippen LogP contribution is 2.28. The van der Waals surface area contributed by atoms with Crippen LogP contribution in [-0.4, -0.2) is 12.6 Å². The van der Waals surface area contributed by atoms with Crippen molar-refractivity contribution >= 4 is 22.4 Å². The molecule has 0 heterocycles. The maximum atomic E-state index is 11.6. The lowest BCUT2D eigenvalue weighted by Crippen LogP contribution is -2.04. The van der Waals surface area contributed by atoms with E-state index in [-0.39, 0.29) is 0 Å². The van der Waals surface area contributed by atoms with E-state index in [1.165, 1.54) is 6.07 Å². The van der Waals surface area contributed by atoms with Gasteiger partial charge < -0.3 is 4.74 Å². The van der Waals surface area contributed by atoms with E-state index in [1.807, 2.05) is 24.3 Å². The Morgan fingerprint density at radius 1 is 1.35 bits per heavy atom. The Hall–Kier alpha value is -2.41. The van der Waals surface area contributed by atoms with Crippen LogP contribution in [0.4, 0.5) is 5.69 Å². The fourth-order valence-corrected chi connectivity index (χ4v) is 1.71. The molecule has 0 radical (unpaired) electrons. The molecule has 2 aromatic carbocycles. The van der Waals surface area contributed by atoms with Crippen LogP contribution >= 0.6 is 0 Å². The fourth-order valence-electron chi connectivity index (χ4n) is 1.71. The van der Waals surface area contributed by atoms with Gasteiger partial charge in [-0.2, -0.15) is 0 Å². The molecule has 84 valence electrons. The zero-order chi connectivity index (χ0) is 12.3. The summed E-state index contributed by atoms with van der Waals surface area (Å²) in [6, 6.07) is 10.6. The van der Waals surface area contributed by atoms with Gasteiger partial charge in [0.05, 0.1) is 17.6 Å². The molecule has 0 unspecified atom stereocenters. The van der Waals surface area contributed by atoms with E-state index < -0.39 is 5.97 Å². The highest BCUT2D eigenvalue weighted by Gasteiger charge is 2.17. The van der Waals surface area contributed by atoms with Crippen LogP contribution in [0.3, 0.4) is 0 Å². The third-order valence-corrected chi connectivity index (χ3v) is 2.46. The van der Waals surface area contributed by atoms with Gasteiger partial charge >= 0.3 is 11.7 Å². The van der Waals surface area contributed by atoms with Crippen LogP contribution in [-0.2, 0) is 4.74 Å². The number of fused-ring (bicyclic) bond motifs is 1. The van der Waals surface area contributed by atoms with E-state index in [2.05, 4.69) is 4.98 Å². The van der Waals surface area contributed by atoms with Gasteiger partial charge in [0, 0.05) is 6.07 Å². The van der Waals surface area contributed by atoms with E-state index in [0.717, 1.165) is 10.8 Å². The molecule has 0 saturated carbocycles. The lowest BCUT2D eigenvalue weighted by Gasteiger charge is -2.01. The summed E-state index contributed by atoms with van der Waals surface area (Å²) >= 11 is 0. The molecule has 17 heavy (non-hydrogen) atoms. The van der Waals surface area contributed by atoms with Crippen LogP contribution in [0.2, 0.25) is 0 Å². The molecule has 0 aromatic heterocycles. The molecule has 0 atom stereocenters. The number of diazo groups is 1. The Morgan fingerprint density at radius 3 is 2.82 bits per heavy atom. The molecule has 0 aliphatic carbocycles. The number of nitrogens with zero attached hydrogens (tertiary/aromatic N) is 2. The number of benzene rings is 2. The molecule has 0 amide bonds. The van der Waals surface area contributed by atoms with Gasteiger partial charge in [0.1, 0.15) is 0 Å². The number of esters is 1. The molecule has 0 bridgehead atoms. The van der Waals surface area contributed by atoms with E-state index >= 15 is 0 Å². The number of carbonyl (C=O) groups excluding carboxylic acids is 1. The van der Waals surface area contributed by atoms with Crippen molar-refractivity contribution < 1.29 is 9.53 Å². The SMILES string of the molecule is CCOC(=O)c1cc([N+]#N)c2ccccc2c1. The molecular weight excluding hydrogens is 216 g/mol. The first-order valence-electron chi connectivity index (χ1n) is 5.31. The van der Waals surface area contributed by atoms with Crippen molar-refractivity contribution in [2.75, 3.05) is 6.61 Å². The van der Waals surface area contributed by atoms with Crippen LogP contribution in [0.25, 0.3) is 15.7 Å². The van der Waals surface area contributed by atoms with Crippen molar-refractivity contribution in [3.05, 3.63) is 46.9 Å². The first kappa shape index (κ1) is 11.1. The van der Waals surface area contributed by atoms with Crippen molar-refractivity contribution in [3.63, 3.8) is 0 Å². The van der Waals surface area contributed by atoms with E-state index in [1.54, 1.807) is 13.0 Å². The average molecular weight is 227 g/mol. The summed E-state index contributed by atoms with van der Waals surface area (Å²) in [4.78, 5) is 14.8. The number of hydrogen-bond donors (Lipinski definition) is 0. The van der Waals surface area contributed by atoms with Gasteiger partial charge in [-0.3, -0.25) is 0 Å². The minimum absolute atomic E-state index is 0.317. The maximum absolute atomic E-state index is 11.6. The van der Waals surface area contributed by atoms with E-state index in [4.69, 9.17) is 10.1 Å². The van der Waals surface area contributed by atoms with Gasteiger partial charge in [0.15, 0.2) is 4.98 Å². The molecule has 0 fully saturated rings. The third kappa shape index (κ3) is 2.08. The van der Waals surface area contributed by atoms with Crippen molar-refractivity contribution in [3.8, 4) is 0 Å². The molecule has 0 aliphatic heterocycles. The van der Waals surface area contributed by atoms with Crippen molar-refractivity contribution in [1.82, 2.24) is 0 Å². The van der Waals surface area contributed by atoms with Crippen molar-refractivity contribution in [1.29, 1.82) is 5.39 Å². The monoisotopic (exact) mass is 227 g/mol. The Morgan fingerprint density at radius 2 is 2.12 bits per heavy atom. The molecule has 0 saturated heterocycles. The van der Waals surface area contributed by atoms with Gasteiger partial charge in [-0.05, 0) is 24.4 Å². The average Bonchev–Trinajstić information content (AvgIpc) is 2.37. The molecule has 4 heteroatoms. The Labute approximate surface area is 98.4 Å². The van der Waals surface area contributed by atoms with Crippen LogP contribution < -0.4 is 0 Å². The molecule has 2 aromatic rings. The summed E-state index contributed by atoms with van der Waals surface area (Å²) in [5.74, 6) is -0.414. The molecule has 0 spiro atoms. The lowest BCUT2D eigenvalue weighted by atomic mass is 10.1. The molecular formula is C13H11N2O2+. The molecule has 2 rings (SSSR count). The smallest absolute Gasteiger partial charge is 0.393 e. The van der Waals surface area contributed by atoms with Crippen LogP contribution in [0.1, 0.15) is 17.3 Å². The maximum Gasteiger partial charge on any atom is 0.393 e. The summed E-state index contributed by atoms with van der Waals surface area (Å²) in [7, 11) is 0. The topological polar surface area (TPSA) is 54.5 Å². The molecule has 0 N–H and O–H groups in total. The Balaban J connectivity index is 2.61. The predicted molar refractivity (Wildman–Crippen MR) is 64.6 cm³/mol. The summed E-state index contributed by atoms with van der Waals surface area (Å²) in [6.45, 7) is 2.06. The number of rotatable bonds is 2. The van der Waals surface area contributed by atoms with Gasteiger partial charge in [0.25, 0.3) is 0 Å². The fraction of sp³-hybridized carbons (Fsp3) is 0.154. The minimum Gasteiger partial charge on any atom is -0.462 e. The second kappa shape index (κ2) is 4.62. The van der Waals surface area contributed by atoms with Crippen LogP contribution in [0.5, 0.6) is 0 Å². The summed E-state index contributed by atoms with van der Waals surface area (Å²) < 4.78 is 4.91. The summed E-state index contributed by atoms with van der Waals surface area (Å²) in [5, 5.41) is 10.6. The van der Waals surface area contributed by atoms with Gasteiger partial charge in [-0.1, -0.05) is 18.2 Å². The van der Waals surface area contributed by atoms with Crippen molar-refractivity contribution in [2.24, 2.45) is 0 Å². The van der Waals surface area contributed by atoms with Crippen molar-refractivity contribution in [2.45, 2.75) is 6.92 Å². The highest BCUT2D eigenvalue weighted by atomic mass is 16.5. The van der Waals surface area contributed by atoms with Gasteiger partial charge in [0.2, 0.25) is 5.39 Å². The second-order valence-electron chi connectivity index (χ2n) is 3.54. The standard InChI is InChI=1S/C13H11N2O2/c1-2-17-13(16)10-7-9-5-3-4-6-11(9)12(8-10)15-14/h3-8H,2H2,1H3/q+1. The lowest BCUT2D eigenvalue weighted by molar-refractivity contribution is 0.0526. The van der Waals surface area contributed by atoms with Crippen LogP contribution in [0, 0.1) is 5.39 Å². The third-order valence-electron chi connectivity index (χ3n) is 2.46.